The SMILES string of the molecule is Cc1cc(CN2CCN(Cc3nnsc3Cl)CC2)no1. The van der Waals surface area contributed by atoms with E-state index in [1.54, 1.807) is 0 Å². The highest BCUT2D eigenvalue weighted by atomic mass is 35.5. The molecule has 2 aromatic heterocycles. The Morgan fingerprint density at radius 1 is 1.25 bits per heavy atom. The van der Waals surface area contributed by atoms with Crippen molar-refractivity contribution in [2.75, 3.05) is 26.2 Å². The smallest absolute Gasteiger partial charge is 0.138 e. The van der Waals surface area contributed by atoms with Crippen LogP contribution in [-0.4, -0.2) is 50.7 Å². The van der Waals surface area contributed by atoms with Crippen LogP contribution in [0.25, 0.3) is 0 Å². The van der Waals surface area contributed by atoms with E-state index >= 15 is 0 Å². The van der Waals surface area contributed by atoms with Gasteiger partial charge in [-0.2, -0.15) is 0 Å². The van der Waals surface area contributed by atoms with Gasteiger partial charge in [0.15, 0.2) is 0 Å². The number of hydrogen-bond donors (Lipinski definition) is 0. The summed E-state index contributed by atoms with van der Waals surface area (Å²) in [6, 6.07) is 1.99. The Morgan fingerprint density at radius 2 is 1.95 bits per heavy atom. The van der Waals surface area contributed by atoms with E-state index in [1.807, 2.05) is 13.0 Å². The fraction of sp³-hybridized carbons (Fsp3) is 0.583. The molecule has 1 fully saturated rings. The van der Waals surface area contributed by atoms with E-state index in [0.717, 1.165) is 56.4 Å². The topological polar surface area (TPSA) is 58.3 Å². The van der Waals surface area contributed by atoms with Crippen molar-refractivity contribution in [3.8, 4) is 0 Å². The van der Waals surface area contributed by atoms with Crippen molar-refractivity contribution in [3.05, 3.63) is 27.6 Å². The molecule has 0 amide bonds. The first-order valence-corrected chi connectivity index (χ1v) is 7.69. The molecule has 0 atom stereocenters. The van der Waals surface area contributed by atoms with Gasteiger partial charge in [-0.15, -0.1) is 5.10 Å². The van der Waals surface area contributed by atoms with Crippen LogP contribution in [0.5, 0.6) is 0 Å². The van der Waals surface area contributed by atoms with Crippen LogP contribution in [0.4, 0.5) is 0 Å². The third-order valence-electron chi connectivity index (χ3n) is 3.41. The number of hydrogen-bond acceptors (Lipinski definition) is 7. The van der Waals surface area contributed by atoms with Gasteiger partial charge in [0.2, 0.25) is 0 Å². The number of piperazine rings is 1. The maximum Gasteiger partial charge on any atom is 0.138 e. The minimum absolute atomic E-state index is 0.700. The molecule has 0 saturated carbocycles. The minimum atomic E-state index is 0.700. The zero-order valence-electron chi connectivity index (χ0n) is 11.3. The second kappa shape index (κ2) is 6.17. The van der Waals surface area contributed by atoms with Crippen LogP contribution in [0, 0.1) is 6.92 Å². The maximum atomic E-state index is 6.04. The summed E-state index contributed by atoms with van der Waals surface area (Å²) in [5.41, 5.74) is 1.89. The van der Waals surface area contributed by atoms with Crippen LogP contribution < -0.4 is 0 Å². The Labute approximate surface area is 126 Å². The average molecular weight is 314 g/mol. The first-order chi connectivity index (χ1) is 9.70. The van der Waals surface area contributed by atoms with Crippen molar-refractivity contribution in [2.24, 2.45) is 0 Å². The molecule has 6 nitrogen and oxygen atoms in total. The molecule has 2 aromatic rings. The van der Waals surface area contributed by atoms with E-state index in [2.05, 4.69) is 24.5 Å². The summed E-state index contributed by atoms with van der Waals surface area (Å²) in [6.45, 7) is 7.59. The van der Waals surface area contributed by atoms with Crippen molar-refractivity contribution < 1.29 is 4.52 Å². The molecule has 0 aliphatic carbocycles. The number of aryl methyl sites for hydroxylation is 1. The van der Waals surface area contributed by atoms with Gasteiger partial charge >= 0.3 is 0 Å². The van der Waals surface area contributed by atoms with Crippen molar-refractivity contribution in [2.45, 2.75) is 20.0 Å². The van der Waals surface area contributed by atoms with Gasteiger partial charge in [-0.3, -0.25) is 9.80 Å². The van der Waals surface area contributed by atoms with E-state index in [0.29, 0.717) is 4.34 Å². The van der Waals surface area contributed by atoms with Crippen molar-refractivity contribution >= 4 is 23.1 Å². The van der Waals surface area contributed by atoms with Crippen LogP contribution >= 0.6 is 23.1 Å². The molecular formula is C12H16ClN5OS. The minimum Gasteiger partial charge on any atom is -0.361 e. The molecule has 0 unspecified atom stereocenters. The van der Waals surface area contributed by atoms with Gasteiger partial charge in [0.25, 0.3) is 0 Å². The molecule has 0 spiro atoms. The van der Waals surface area contributed by atoms with Gasteiger partial charge in [0.05, 0.1) is 5.69 Å². The van der Waals surface area contributed by atoms with Gasteiger partial charge < -0.3 is 4.52 Å². The van der Waals surface area contributed by atoms with E-state index in [9.17, 15) is 0 Å². The lowest BCUT2D eigenvalue weighted by atomic mass is 10.2. The first-order valence-electron chi connectivity index (χ1n) is 6.54. The molecule has 0 N–H and O–H groups in total. The molecule has 3 heterocycles. The van der Waals surface area contributed by atoms with E-state index in [1.165, 1.54) is 11.5 Å². The number of halogens is 1. The molecule has 1 aliphatic rings. The Morgan fingerprint density at radius 3 is 2.50 bits per heavy atom. The lowest BCUT2D eigenvalue weighted by Gasteiger charge is -2.33. The highest BCUT2D eigenvalue weighted by Gasteiger charge is 2.19. The molecule has 0 bridgehead atoms. The summed E-state index contributed by atoms with van der Waals surface area (Å²) in [6.07, 6.45) is 0. The van der Waals surface area contributed by atoms with Gasteiger partial charge in [0.1, 0.15) is 15.8 Å². The lowest BCUT2D eigenvalue weighted by Crippen LogP contribution is -2.45. The Bertz CT molecular complexity index is 564. The van der Waals surface area contributed by atoms with E-state index in [-0.39, 0.29) is 0 Å². The van der Waals surface area contributed by atoms with E-state index in [4.69, 9.17) is 16.1 Å². The van der Waals surface area contributed by atoms with Gasteiger partial charge in [-0.05, 0) is 6.92 Å². The summed E-state index contributed by atoms with van der Waals surface area (Å²) >= 11 is 7.28. The normalized spacial score (nSPS) is 17.7. The fourth-order valence-corrected chi connectivity index (χ4v) is 2.94. The second-order valence-electron chi connectivity index (χ2n) is 4.97. The van der Waals surface area contributed by atoms with Crippen LogP contribution in [-0.2, 0) is 13.1 Å². The second-order valence-corrected chi connectivity index (χ2v) is 6.33. The van der Waals surface area contributed by atoms with Crippen molar-refractivity contribution in [3.63, 3.8) is 0 Å². The summed E-state index contributed by atoms with van der Waals surface area (Å²) in [4.78, 5) is 4.74. The molecule has 0 radical (unpaired) electrons. The van der Waals surface area contributed by atoms with Crippen molar-refractivity contribution in [1.82, 2.24) is 24.5 Å². The van der Waals surface area contributed by atoms with Crippen LogP contribution in [0.1, 0.15) is 17.1 Å². The summed E-state index contributed by atoms with van der Waals surface area (Å²) in [5.74, 6) is 0.865. The highest BCUT2D eigenvalue weighted by molar-refractivity contribution is 7.10. The Hall–Kier alpha value is -1.02. The maximum absolute atomic E-state index is 6.04. The first kappa shape index (κ1) is 13.9. The highest BCUT2D eigenvalue weighted by Crippen LogP contribution is 2.19. The zero-order chi connectivity index (χ0) is 13.9. The third kappa shape index (κ3) is 3.35. The number of aromatic nitrogens is 3. The summed E-state index contributed by atoms with van der Waals surface area (Å²) in [7, 11) is 0. The fourth-order valence-electron chi connectivity index (χ4n) is 2.33. The Balaban J connectivity index is 1.48. The van der Waals surface area contributed by atoms with Crippen molar-refractivity contribution in [1.29, 1.82) is 0 Å². The van der Waals surface area contributed by atoms with Crippen LogP contribution in [0.15, 0.2) is 10.6 Å². The molecular weight excluding hydrogens is 298 g/mol. The molecule has 20 heavy (non-hydrogen) atoms. The summed E-state index contributed by atoms with van der Waals surface area (Å²) in [5, 5.41) is 8.09. The predicted octanol–water partition coefficient (Wildman–Crippen LogP) is 1.81. The standard InChI is InChI=1S/C12H16ClN5OS/c1-9-6-10(15-19-9)7-17-2-4-18(5-3-17)8-11-12(13)20-16-14-11/h6H,2-5,7-8H2,1H3. The van der Waals surface area contributed by atoms with Crippen LogP contribution in [0.2, 0.25) is 4.34 Å². The zero-order valence-corrected chi connectivity index (χ0v) is 12.8. The molecule has 3 rings (SSSR count). The number of nitrogens with zero attached hydrogens (tertiary/aromatic N) is 5. The van der Waals surface area contributed by atoms with Gasteiger partial charge in [0, 0.05) is 56.9 Å². The lowest BCUT2D eigenvalue weighted by molar-refractivity contribution is 0.119. The molecule has 1 aliphatic heterocycles. The van der Waals surface area contributed by atoms with Gasteiger partial charge in [-0.1, -0.05) is 21.2 Å². The third-order valence-corrected chi connectivity index (χ3v) is 4.39. The predicted molar refractivity (Wildman–Crippen MR) is 76.7 cm³/mol. The molecule has 1 saturated heterocycles. The molecule has 108 valence electrons. The molecule has 0 aromatic carbocycles. The quantitative estimate of drug-likeness (QED) is 0.858. The largest absolute Gasteiger partial charge is 0.361 e. The summed E-state index contributed by atoms with van der Waals surface area (Å²) < 4.78 is 9.66. The Kier molecular flexibility index (Phi) is 4.30. The average Bonchev–Trinajstić information content (AvgIpc) is 3.02. The van der Waals surface area contributed by atoms with Crippen LogP contribution in [0.3, 0.4) is 0 Å². The molecule has 8 heteroatoms. The number of rotatable bonds is 4. The van der Waals surface area contributed by atoms with E-state index < -0.39 is 0 Å². The van der Waals surface area contributed by atoms with Gasteiger partial charge in [-0.25, -0.2) is 0 Å². The monoisotopic (exact) mass is 313 g/mol.